The van der Waals surface area contributed by atoms with Crippen LogP contribution in [0.3, 0.4) is 0 Å². The Hall–Kier alpha value is -4.34. The van der Waals surface area contributed by atoms with Gasteiger partial charge in [0.2, 0.25) is 11.9 Å². The van der Waals surface area contributed by atoms with Crippen LogP contribution in [0.5, 0.6) is 0 Å². The molecule has 0 bridgehead atoms. The number of hydrogen-bond donors (Lipinski definition) is 3. The lowest BCUT2D eigenvalue weighted by Crippen LogP contribution is -2.44. The normalized spacial score (nSPS) is 15.5. The SMILES string of the molecule is C=CC(=O)Nc1cccc(-c2nc(Nc3ccc(N4CCO[C@@H](CO)C4)nc3)nc3ccccc23)c1. The Balaban J connectivity index is 1.43. The van der Waals surface area contributed by atoms with E-state index in [4.69, 9.17) is 9.72 Å². The number of nitrogens with zero attached hydrogens (tertiary/aromatic N) is 4. The molecule has 1 amide bonds. The van der Waals surface area contributed by atoms with E-state index in [2.05, 4.69) is 32.1 Å². The van der Waals surface area contributed by atoms with Gasteiger partial charge in [-0.2, -0.15) is 0 Å². The Morgan fingerprint density at radius 3 is 2.83 bits per heavy atom. The Kier molecular flexibility index (Phi) is 6.83. The van der Waals surface area contributed by atoms with Gasteiger partial charge in [-0.15, -0.1) is 0 Å². The molecular weight excluding hydrogens is 456 g/mol. The number of benzene rings is 2. The van der Waals surface area contributed by atoms with Crippen molar-refractivity contribution in [3.63, 3.8) is 0 Å². The van der Waals surface area contributed by atoms with Crippen LogP contribution >= 0.6 is 0 Å². The zero-order chi connectivity index (χ0) is 24.9. The Bertz CT molecular complexity index is 1390. The molecule has 0 saturated carbocycles. The number of aliphatic hydroxyl groups is 1. The number of pyridine rings is 1. The van der Waals surface area contributed by atoms with E-state index < -0.39 is 0 Å². The van der Waals surface area contributed by atoms with Crippen molar-refractivity contribution in [1.82, 2.24) is 15.0 Å². The third-order valence-electron chi connectivity index (χ3n) is 5.86. The van der Waals surface area contributed by atoms with Crippen molar-refractivity contribution in [1.29, 1.82) is 0 Å². The van der Waals surface area contributed by atoms with Crippen LogP contribution in [0, 0.1) is 0 Å². The van der Waals surface area contributed by atoms with Gasteiger partial charge in [-0.05, 0) is 36.4 Å². The highest BCUT2D eigenvalue weighted by Crippen LogP contribution is 2.30. The number of rotatable bonds is 7. The van der Waals surface area contributed by atoms with Crippen LogP contribution in [0.1, 0.15) is 0 Å². The zero-order valence-electron chi connectivity index (χ0n) is 19.6. The van der Waals surface area contributed by atoms with Crippen molar-refractivity contribution in [3.05, 3.63) is 79.5 Å². The van der Waals surface area contributed by atoms with Gasteiger partial charge in [0, 0.05) is 29.7 Å². The topological polar surface area (TPSA) is 113 Å². The minimum atomic E-state index is -0.276. The zero-order valence-corrected chi connectivity index (χ0v) is 19.6. The first-order valence-electron chi connectivity index (χ1n) is 11.6. The standard InChI is InChI=1S/C27H26N6O3/c1-2-25(35)29-19-7-5-6-18(14-19)26-22-8-3-4-9-23(22)31-27(32-26)30-20-10-11-24(28-15-20)33-12-13-36-21(16-33)17-34/h2-11,14-15,21,34H,1,12-13,16-17H2,(H,29,35)(H,30,31,32)/t21-/m1/s1. The summed E-state index contributed by atoms with van der Waals surface area (Å²) < 4.78 is 5.52. The molecule has 1 aliphatic rings. The number of carbonyl (C=O) groups is 1. The molecule has 0 unspecified atom stereocenters. The molecule has 1 aliphatic heterocycles. The lowest BCUT2D eigenvalue weighted by Gasteiger charge is -2.32. The molecule has 0 aliphatic carbocycles. The fourth-order valence-corrected chi connectivity index (χ4v) is 4.10. The number of para-hydroxylation sites is 1. The molecule has 36 heavy (non-hydrogen) atoms. The molecule has 9 nitrogen and oxygen atoms in total. The van der Waals surface area contributed by atoms with Gasteiger partial charge in [-0.3, -0.25) is 4.79 Å². The van der Waals surface area contributed by atoms with Gasteiger partial charge in [-0.1, -0.05) is 36.9 Å². The van der Waals surface area contributed by atoms with E-state index in [0.29, 0.717) is 24.8 Å². The Morgan fingerprint density at radius 1 is 1.14 bits per heavy atom. The molecule has 3 N–H and O–H groups in total. The molecule has 0 spiro atoms. The molecule has 1 atom stereocenters. The fraction of sp³-hybridized carbons (Fsp3) is 0.185. The summed E-state index contributed by atoms with van der Waals surface area (Å²) >= 11 is 0. The average molecular weight is 483 g/mol. The summed E-state index contributed by atoms with van der Waals surface area (Å²) in [4.78, 5) is 27.9. The minimum Gasteiger partial charge on any atom is -0.394 e. The largest absolute Gasteiger partial charge is 0.394 e. The maximum Gasteiger partial charge on any atom is 0.247 e. The first-order valence-corrected chi connectivity index (χ1v) is 11.6. The number of nitrogens with one attached hydrogen (secondary N) is 2. The molecule has 2 aromatic carbocycles. The summed E-state index contributed by atoms with van der Waals surface area (Å²) in [6.07, 6.45) is 2.77. The second-order valence-electron chi connectivity index (χ2n) is 8.34. The van der Waals surface area contributed by atoms with Crippen molar-refractivity contribution in [2.45, 2.75) is 6.10 Å². The number of carbonyl (C=O) groups excluding carboxylic acids is 1. The lowest BCUT2D eigenvalue weighted by molar-refractivity contribution is -0.111. The third kappa shape index (κ3) is 5.17. The number of aromatic nitrogens is 3. The number of anilines is 4. The second kappa shape index (κ2) is 10.5. The van der Waals surface area contributed by atoms with Crippen molar-refractivity contribution in [3.8, 4) is 11.3 Å². The highest BCUT2D eigenvalue weighted by molar-refractivity contribution is 6.00. The van der Waals surface area contributed by atoms with Gasteiger partial charge < -0.3 is 25.4 Å². The predicted molar refractivity (Wildman–Crippen MR) is 140 cm³/mol. The van der Waals surface area contributed by atoms with Gasteiger partial charge in [0.25, 0.3) is 0 Å². The number of aliphatic hydroxyl groups excluding tert-OH is 1. The van der Waals surface area contributed by atoms with Gasteiger partial charge in [0.15, 0.2) is 0 Å². The van der Waals surface area contributed by atoms with Crippen LogP contribution in [0.15, 0.2) is 79.5 Å². The average Bonchev–Trinajstić information content (AvgIpc) is 2.93. The molecule has 0 radical (unpaired) electrons. The lowest BCUT2D eigenvalue weighted by atomic mass is 10.1. The summed E-state index contributed by atoms with van der Waals surface area (Å²) in [5.41, 5.74) is 3.78. The van der Waals surface area contributed by atoms with Crippen molar-refractivity contribution in [2.75, 3.05) is 41.8 Å². The van der Waals surface area contributed by atoms with E-state index in [9.17, 15) is 9.90 Å². The first kappa shape index (κ1) is 23.4. The summed E-state index contributed by atoms with van der Waals surface area (Å²) in [5.74, 6) is 0.980. The number of hydrogen-bond acceptors (Lipinski definition) is 8. The van der Waals surface area contributed by atoms with Gasteiger partial charge in [0.05, 0.1) is 42.4 Å². The molecular formula is C27H26N6O3. The maximum absolute atomic E-state index is 11.8. The smallest absolute Gasteiger partial charge is 0.247 e. The summed E-state index contributed by atoms with van der Waals surface area (Å²) in [5, 5.41) is 16.3. The highest BCUT2D eigenvalue weighted by Gasteiger charge is 2.20. The van der Waals surface area contributed by atoms with E-state index in [-0.39, 0.29) is 18.6 Å². The highest BCUT2D eigenvalue weighted by atomic mass is 16.5. The van der Waals surface area contributed by atoms with Crippen LogP contribution in [0.4, 0.5) is 23.1 Å². The van der Waals surface area contributed by atoms with E-state index in [1.54, 1.807) is 6.20 Å². The summed E-state index contributed by atoms with van der Waals surface area (Å²) in [6.45, 7) is 5.37. The van der Waals surface area contributed by atoms with Gasteiger partial charge in [-0.25, -0.2) is 15.0 Å². The molecule has 9 heteroatoms. The Morgan fingerprint density at radius 2 is 2.03 bits per heavy atom. The first-order chi connectivity index (χ1) is 17.6. The number of ether oxygens (including phenoxy) is 1. The molecule has 4 aromatic rings. The number of fused-ring (bicyclic) bond motifs is 1. The van der Waals surface area contributed by atoms with Gasteiger partial charge in [0.1, 0.15) is 5.82 Å². The second-order valence-corrected chi connectivity index (χ2v) is 8.34. The molecule has 1 saturated heterocycles. The molecule has 182 valence electrons. The Labute approximate surface area is 208 Å². The van der Waals surface area contributed by atoms with Crippen molar-refractivity contribution >= 4 is 40.0 Å². The van der Waals surface area contributed by atoms with Crippen LogP contribution in [0.25, 0.3) is 22.2 Å². The molecule has 5 rings (SSSR count). The van der Waals surface area contributed by atoms with E-state index in [1.807, 2.05) is 60.7 Å². The van der Waals surface area contributed by atoms with Crippen LogP contribution in [-0.4, -0.2) is 58.4 Å². The summed E-state index contributed by atoms with van der Waals surface area (Å²) in [6, 6.07) is 19.1. The molecule has 1 fully saturated rings. The predicted octanol–water partition coefficient (Wildman–Crippen LogP) is 3.76. The minimum absolute atomic E-state index is 0.0126. The van der Waals surface area contributed by atoms with Crippen molar-refractivity contribution < 1.29 is 14.6 Å². The van der Waals surface area contributed by atoms with E-state index >= 15 is 0 Å². The van der Waals surface area contributed by atoms with Gasteiger partial charge >= 0.3 is 0 Å². The monoisotopic (exact) mass is 482 g/mol. The van der Waals surface area contributed by atoms with Crippen LogP contribution < -0.4 is 15.5 Å². The van der Waals surface area contributed by atoms with Crippen molar-refractivity contribution in [2.24, 2.45) is 0 Å². The quantitative estimate of drug-likeness (QED) is 0.342. The fourth-order valence-electron chi connectivity index (χ4n) is 4.10. The summed E-state index contributed by atoms with van der Waals surface area (Å²) in [7, 11) is 0. The van der Waals surface area contributed by atoms with E-state index in [0.717, 1.165) is 40.2 Å². The van der Waals surface area contributed by atoms with Crippen LogP contribution in [0.2, 0.25) is 0 Å². The number of morpholine rings is 1. The third-order valence-corrected chi connectivity index (χ3v) is 5.86. The molecule has 2 aromatic heterocycles. The number of amides is 1. The molecule has 3 heterocycles. The van der Waals surface area contributed by atoms with E-state index in [1.165, 1.54) is 6.08 Å². The maximum atomic E-state index is 11.8. The van der Waals surface area contributed by atoms with Crippen LogP contribution in [-0.2, 0) is 9.53 Å².